The third kappa shape index (κ3) is 6.11. The predicted molar refractivity (Wildman–Crippen MR) is 89.9 cm³/mol. The fourth-order valence-electron chi connectivity index (χ4n) is 2.57. The van der Waals surface area contributed by atoms with Gasteiger partial charge in [0, 0.05) is 13.1 Å². The molecule has 2 heteroatoms. The Kier molecular flexibility index (Phi) is 6.99. The van der Waals surface area contributed by atoms with Crippen LogP contribution in [0.25, 0.3) is 0 Å². The second-order valence-corrected chi connectivity index (χ2v) is 5.51. The molecular weight excluding hydrogens is 256 g/mol. The molecule has 1 heterocycles. The molecule has 0 radical (unpaired) electrons. The summed E-state index contributed by atoms with van der Waals surface area (Å²) in [7, 11) is 0. The first-order valence-electron chi connectivity index (χ1n) is 7.89. The maximum absolute atomic E-state index is 5.35. The van der Waals surface area contributed by atoms with Crippen molar-refractivity contribution < 1.29 is 0 Å². The molecule has 1 saturated heterocycles. The highest BCUT2D eigenvalue weighted by atomic mass is 15.1. The van der Waals surface area contributed by atoms with Crippen LogP contribution < -0.4 is 5.73 Å². The maximum Gasteiger partial charge on any atom is 0.0233 e. The van der Waals surface area contributed by atoms with E-state index in [1.54, 1.807) is 0 Å². The molecule has 0 aromatic heterocycles. The SMILES string of the molecule is NCc1ccccc1.c1ccc(CN2CCCCC2)cc1. The minimum Gasteiger partial charge on any atom is -0.326 e. The van der Waals surface area contributed by atoms with Gasteiger partial charge in [-0.05, 0) is 37.1 Å². The number of nitrogens with zero attached hydrogens (tertiary/aromatic N) is 1. The standard InChI is InChI=1S/C12H17N.C7H9N/c1-3-7-12(8-4-1)11-13-9-5-2-6-10-13;8-6-7-4-2-1-3-5-7/h1,3-4,7-8H,2,5-6,9-11H2;1-5H,6,8H2. The minimum atomic E-state index is 0.640. The van der Waals surface area contributed by atoms with E-state index in [9.17, 15) is 0 Å². The quantitative estimate of drug-likeness (QED) is 0.927. The van der Waals surface area contributed by atoms with E-state index in [2.05, 4.69) is 35.2 Å². The molecule has 0 saturated carbocycles. The number of hydrogen-bond donors (Lipinski definition) is 1. The van der Waals surface area contributed by atoms with Crippen LogP contribution in [0.5, 0.6) is 0 Å². The van der Waals surface area contributed by atoms with Gasteiger partial charge < -0.3 is 5.73 Å². The van der Waals surface area contributed by atoms with Gasteiger partial charge in [-0.3, -0.25) is 4.90 Å². The lowest BCUT2D eigenvalue weighted by molar-refractivity contribution is 0.221. The zero-order valence-corrected chi connectivity index (χ0v) is 12.7. The second-order valence-electron chi connectivity index (χ2n) is 5.51. The number of nitrogens with two attached hydrogens (primary N) is 1. The molecule has 112 valence electrons. The summed E-state index contributed by atoms with van der Waals surface area (Å²) in [5.41, 5.74) is 7.99. The fourth-order valence-corrected chi connectivity index (χ4v) is 2.57. The van der Waals surface area contributed by atoms with Gasteiger partial charge in [0.15, 0.2) is 0 Å². The Morgan fingerprint density at radius 3 is 1.71 bits per heavy atom. The van der Waals surface area contributed by atoms with E-state index in [1.807, 2.05) is 30.3 Å². The number of rotatable bonds is 3. The molecule has 2 aromatic rings. The highest BCUT2D eigenvalue weighted by Crippen LogP contribution is 2.12. The molecule has 2 N–H and O–H groups in total. The average molecular weight is 282 g/mol. The van der Waals surface area contributed by atoms with Crippen molar-refractivity contribution in [3.05, 3.63) is 71.8 Å². The highest BCUT2D eigenvalue weighted by molar-refractivity contribution is 5.14. The maximum atomic E-state index is 5.35. The van der Waals surface area contributed by atoms with Crippen molar-refractivity contribution >= 4 is 0 Å². The monoisotopic (exact) mass is 282 g/mol. The van der Waals surface area contributed by atoms with Gasteiger partial charge in [0.1, 0.15) is 0 Å². The third-order valence-electron chi connectivity index (χ3n) is 3.78. The summed E-state index contributed by atoms with van der Waals surface area (Å²) >= 11 is 0. The Morgan fingerprint density at radius 2 is 1.24 bits per heavy atom. The van der Waals surface area contributed by atoms with Crippen molar-refractivity contribution in [2.45, 2.75) is 32.4 Å². The molecule has 21 heavy (non-hydrogen) atoms. The molecule has 2 aromatic carbocycles. The van der Waals surface area contributed by atoms with Gasteiger partial charge in [-0.1, -0.05) is 67.1 Å². The van der Waals surface area contributed by atoms with Crippen molar-refractivity contribution in [3.63, 3.8) is 0 Å². The molecule has 1 aliphatic rings. The van der Waals surface area contributed by atoms with Gasteiger partial charge in [0.2, 0.25) is 0 Å². The summed E-state index contributed by atoms with van der Waals surface area (Å²) in [4.78, 5) is 2.55. The van der Waals surface area contributed by atoms with E-state index in [1.165, 1.54) is 43.5 Å². The molecule has 1 aliphatic heterocycles. The molecule has 0 aliphatic carbocycles. The molecular formula is C19H26N2. The zero-order valence-electron chi connectivity index (χ0n) is 12.7. The molecule has 2 nitrogen and oxygen atoms in total. The van der Waals surface area contributed by atoms with Crippen LogP contribution in [0.4, 0.5) is 0 Å². The first-order chi connectivity index (χ1) is 10.4. The fraction of sp³-hybridized carbons (Fsp3) is 0.368. The number of piperidine rings is 1. The Bertz CT molecular complexity index is 475. The molecule has 0 spiro atoms. The summed E-state index contributed by atoms with van der Waals surface area (Å²) < 4.78 is 0. The summed E-state index contributed by atoms with van der Waals surface area (Å²) in [6.45, 7) is 4.35. The molecule has 1 fully saturated rings. The number of hydrogen-bond acceptors (Lipinski definition) is 2. The Hall–Kier alpha value is -1.64. The third-order valence-corrected chi connectivity index (χ3v) is 3.78. The molecule has 0 unspecified atom stereocenters. The van der Waals surface area contributed by atoms with Crippen LogP contribution in [-0.2, 0) is 13.1 Å². The van der Waals surface area contributed by atoms with Gasteiger partial charge in [0.05, 0.1) is 0 Å². The van der Waals surface area contributed by atoms with Crippen LogP contribution in [0.2, 0.25) is 0 Å². The van der Waals surface area contributed by atoms with Crippen LogP contribution in [0, 0.1) is 0 Å². The Morgan fingerprint density at radius 1 is 0.714 bits per heavy atom. The van der Waals surface area contributed by atoms with Crippen molar-refractivity contribution in [1.29, 1.82) is 0 Å². The van der Waals surface area contributed by atoms with Gasteiger partial charge in [-0.25, -0.2) is 0 Å². The van der Waals surface area contributed by atoms with E-state index in [0.29, 0.717) is 6.54 Å². The van der Waals surface area contributed by atoms with Crippen molar-refractivity contribution in [2.75, 3.05) is 13.1 Å². The van der Waals surface area contributed by atoms with Crippen LogP contribution in [0.3, 0.4) is 0 Å². The van der Waals surface area contributed by atoms with E-state index in [0.717, 1.165) is 6.54 Å². The normalized spacial score (nSPS) is 15.1. The Labute approximate surface area is 128 Å². The van der Waals surface area contributed by atoms with Gasteiger partial charge >= 0.3 is 0 Å². The second kappa shape index (κ2) is 9.32. The predicted octanol–water partition coefficient (Wildman–Crippen LogP) is 3.82. The average Bonchev–Trinajstić information content (AvgIpc) is 2.58. The first-order valence-corrected chi connectivity index (χ1v) is 7.89. The molecule has 0 atom stereocenters. The largest absolute Gasteiger partial charge is 0.326 e. The lowest BCUT2D eigenvalue weighted by Crippen LogP contribution is -2.28. The van der Waals surface area contributed by atoms with E-state index >= 15 is 0 Å². The van der Waals surface area contributed by atoms with Gasteiger partial charge in [-0.2, -0.15) is 0 Å². The van der Waals surface area contributed by atoms with Crippen LogP contribution in [0.1, 0.15) is 30.4 Å². The van der Waals surface area contributed by atoms with E-state index in [4.69, 9.17) is 5.73 Å². The lowest BCUT2D eigenvalue weighted by Gasteiger charge is -2.26. The van der Waals surface area contributed by atoms with Gasteiger partial charge in [-0.15, -0.1) is 0 Å². The van der Waals surface area contributed by atoms with Crippen LogP contribution in [0.15, 0.2) is 60.7 Å². The smallest absolute Gasteiger partial charge is 0.0233 e. The number of likely N-dealkylation sites (tertiary alicyclic amines) is 1. The van der Waals surface area contributed by atoms with Crippen molar-refractivity contribution in [1.82, 2.24) is 4.90 Å². The molecule has 3 rings (SSSR count). The van der Waals surface area contributed by atoms with E-state index in [-0.39, 0.29) is 0 Å². The first kappa shape index (κ1) is 15.7. The highest BCUT2D eigenvalue weighted by Gasteiger charge is 2.09. The van der Waals surface area contributed by atoms with Crippen LogP contribution >= 0.6 is 0 Å². The topological polar surface area (TPSA) is 29.3 Å². The summed E-state index contributed by atoms with van der Waals surface area (Å²) in [6.07, 6.45) is 4.19. The van der Waals surface area contributed by atoms with E-state index < -0.39 is 0 Å². The minimum absolute atomic E-state index is 0.640. The molecule has 0 amide bonds. The molecule has 0 bridgehead atoms. The summed E-state index contributed by atoms with van der Waals surface area (Å²) in [5, 5.41) is 0. The van der Waals surface area contributed by atoms with Crippen LogP contribution in [-0.4, -0.2) is 18.0 Å². The number of benzene rings is 2. The van der Waals surface area contributed by atoms with Crippen molar-refractivity contribution in [3.8, 4) is 0 Å². The zero-order chi connectivity index (χ0) is 14.8. The van der Waals surface area contributed by atoms with Crippen molar-refractivity contribution in [2.24, 2.45) is 5.73 Å². The van der Waals surface area contributed by atoms with Gasteiger partial charge in [0.25, 0.3) is 0 Å². The Balaban J connectivity index is 0.000000173. The lowest BCUT2D eigenvalue weighted by atomic mass is 10.1. The summed E-state index contributed by atoms with van der Waals surface area (Å²) in [6, 6.07) is 20.8. The summed E-state index contributed by atoms with van der Waals surface area (Å²) in [5.74, 6) is 0.